The first kappa shape index (κ1) is 16.6. The number of aliphatic imine (C=N–C) groups is 1. The van der Waals surface area contributed by atoms with Gasteiger partial charge >= 0.3 is 0 Å². The average molecular weight is 295 g/mol. The molecule has 2 aliphatic rings. The Morgan fingerprint density at radius 1 is 1.14 bits per heavy atom. The maximum Gasteiger partial charge on any atom is 0.191 e. The maximum absolute atomic E-state index is 10.1. The lowest BCUT2D eigenvalue weighted by Gasteiger charge is -2.35. The molecule has 0 bridgehead atoms. The van der Waals surface area contributed by atoms with Gasteiger partial charge in [0.05, 0.1) is 12.1 Å². The summed E-state index contributed by atoms with van der Waals surface area (Å²) in [5, 5.41) is 16.8. The lowest BCUT2D eigenvalue weighted by Crippen LogP contribution is -2.43. The molecular weight excluding hydrogens is 262 g/mol. The molecule has 2 saturated carbocycles. The Morgan fingerprint density at radius 3 is 2.52 bits per heavy atom. The molecule has 0 saturated heterocycles. The fourth-order valence-corrected chi connectivity index (χ4v) is 3.37. The molecule has 0 radical (unpaired) electrons. The lowest BCUT2D eigenvalue weighted by atomic mass is 9.80. The third-order valence-electron chi connectivity index (χ3n) is 4.97. The van der Waals surface area contributed by atoms with Crippen LogP contribution in [0.5, 0.6) is 0 Å². The van der Waals surface area contributed by atoms with Gasteiger partial charge < -0.3 is 15.7 Å². The molecule has 0 heterocycles. The van der Waals surface area contributed by atoms with Crippen molar-refractivity contribution in [1.82, 2.24) is 10.6 Å². The second-order valence-electron chi connectivity index (χ2n) is 6.85. The second kappa shape index (κ2) is 8.62. The number of hydrogen-bond donors (Lipinski definition) is 3. The number of unbranched alkanes of at least 4 members (excludes halogenated alkanes) is 1. The van der Waals surface area contributed by atoms with Crippen molar-refractivity contribution in [3.8, 4) is 0 Å². The van der Waals surface area contributed by atoms with Gasteiger partial charge in [0, 0.05) is 13.1 Å². The molecule has 0 aliphatic heterocycles. The molecule has 4 nitrogen and oxygen atoms in total. The predicted octanol–water partition coefficient (Wildman–Crippen LogP) is 2.82. The van der Waals surface area contributed by atoms with Crippen LogP contribution in [0.25, 0.3) is 0 Å². The molecule has 0 aromatic heterocycles. The van der Waals surface area contributed by atoms with E-state index in [1.807, 2.05) is 0 Å². The number of rotatable bonds is 8. The highest BCUT2D eigenvalue weighted by molar-refractivity contribution is 5.79. The molecule has 0 amide bonds. The molecule has 2 fully saturated rings. The molecule has 4 heteroatoms. The van der Waals surface area contributed by atoms with Crippen LogP contribution in [-0.4, -0.2) is 36.3 Å². The van der Waals surface area contributed by atoms with Gasteiger partial charge in [0.25, 0.3) is 0 Å². The molecule has 122 valence electrons. The van der Waals surface area contributed by atoms with Gasteiger partial charge in [-0.15, -0.1) is 0 Å². The molecule has 0 aromatic carbocycles. The first-order chi connectivity index (χ1) is 10.2. The van der Waals surface area contributed by atoms with Crippen LogP contribution in [0.15, 0.2) is 4.99 Å². The van der Waals surface area contributed by atoms with Crippen LogP contribution in [0.4, 0.5) is 0 Å². The Hall–Kier alpha value is -0.770. The van der Waals surface area contributed by atoms with Gasteiger partial charge in [0.2, 0.25) is 0 Å². The summed E-state index contributed by atoms with van der Waals surface area (Å²) in [4.78, 5) is 4.53. The van der Waals surface area contributed by atoms with Gasteiger partial charge in [-0.2, -0.15) is 0 Å². The first-order valence-electron chi connectivity index (χ1n) is 8.96. The van der Waals surface area contributed by atoms with Gasteiger partial charge in [-0.1, -0.05) is 38.5 Å². The second-order valence-corrected chi connectivity index (χ2v) is 6.85. The molecule has 3 N–H and O–H groups in total. The number of nitrogens with one attached hydrogen (secondary N) is 2. The molecule has 0 unspecified atom stereocenters. The fraction of sp³-hybridized carbons (Fsp3) is 0.941. The standard InChI is InChI=1S/C17H33N3O/c1-2-18-16(20-14-17(21)11-7-12-17)19-13-6-5-10-15-8-3-4-9-15/h15,21H,2-14H2,1H3,(H2,18,19,20). The Kier molecular flexibility index (Phi) is 6.81. The van der Waals surface area contributed by atoms with Crippen LogP contribution >= 0.6 is 0 Å². The zero-order chi connectivity index (χ0) is 15.0. The third-order valence-corrected chi connectivity index (χ3v) is 4.97. The van der Waals surface area contributed by atoms with Crippen molar-refractivity contribution in [3.63, 3.8) is 0 Å². The molecule has 2 rings (SSSR count). The van der Waals surface area contributed by atoms with Crippen LogP contribution in [0.2, 0.25) is 0 Å². The maximum atomic E-state index is 10.1. The van der Waals surface area contributed by atoms with Crippen molar-refractivity contribution in [3.05, 3.63) is 0 Å². The van der Waals surface area contributed by atoms with Gasteiger partial charge in [-0.05, 0) is 38.5 Å². The summed E-state index contributed by atoms with van der Waals surface area (Å²) in [5.41, 5.74) is -0.523. The summed E-state index contributed by atoms with van der Waals surface area (Å²) >= 11 is 0. The van der Waals surface area contributed by atoms with Crippen molar-refractivity contribution >= 4 is 5.96 Å². The Labute approximate surface area is 129 Å². The minimum atomic E-state index is -0.523. The van der Waals surface area contributed by atoms with Crippen LogP contribution in [-0.2, 0) is 0 Å². The molecule has 0 atom stereocenters. The number of hydrogen-bond acceptors (Lipinski definition) is 2. The monoisotopic (exact) mass is 295 g/mol. The first-order valence-corrected chi connectivity index (χ1v) is 8.96. The predicted molar refractivity (Wildman–Crippen MR) is 88.6 cm³/mol. The van der Waals surface area contributed by atoms with E-state index in [9.17, 15) is 5.11 Å². The number of aliphatic hydroxyl groups is 1. The van der Waals surface area contributed by atoms with Crippen molar-refractivity contribution in [2.24, 2.45) is 10.9 Å². The Morgan fingerprint density at radius 2 is 1.90 bits per heavy atom. The molecule has 0 spiro atoms. The van der Waals surface area contributed by atoms with Crippen molar-refractivity contribution in [2.75, 3.05) is 19.6 Å². The largest absolute Gasteiger partial charge is 0.388 e. The normalized spacial score (nSPS) is 22.1. The van der Waals surface area contributed by atoms with E-state index in [1.165, 1.54) is 44.9 Å². The summed E-state index contributed by atoms with van der Waals surface area (Å²) in [6.45, 7) is 4.46. The Balaban J connectivity index is 1.59. The minimum Gasteiger partial charge on any atom is -0.388 e. The van der Waals surface area contributed by atoms with Gasteiger partial charge in [-0.3, -0.25) is 4.99 Å². The van der Waals surface area contributed by atoms with E-state index in [0.29, 0.717) is 6.54 Å². The van der Waals surface area contributed by atoms with E-state index in [4.69, 9.17) is 0 Å². The summed E-state index contributed by atoms with van der Waals surface area (Å²) in [6, 6.07) is 0. The molecule has 2 aliphatic carbocycles. The topological polar surface area (TPSA) is 56.7 Å². The van der Waals surface area contributed by atoms with E-state index in [1.54, 1.807) is 0 Å². The van der Waals surface area contributed by atoms with Crippen LogP contribution in [0, 0.1) is 5.92 Å². The highest BCUT2D eigenvalue weighted by Gasteiger charge is 2.34. The van der Waals surface area contributed by atoms with E-state index in [-0.39, 0.29) is 0 Å². The Bertz CT molecular complexity index is 320. The zero-order valence-electron chi connectivity index (χ0n) is 13.7. The van der Waals surface area contributed by atoms with Crippen LogP contribution in [0.3, 0.4) is 0 Å². The van der Waals surface area contributed by atoms with Crippen LogP contribution < -0.4 is 10.6 Å². The van der Waals surface area contributed by atoms with Gasteiger partial charge in [0.15, 0.2) is 5.96 Å². The van der Waals surface area contributed by atoms with Gasteiger partial charge in [-0.25, -0.2) is 0 Å². The molecule has 21 heavy (non-hydrogen) atoms. The third kappa shape index (κ3) is 5.85. The number of guanidine groups is 1. The summed E-state index contributed by atoms with van der Waals surface area (Å²) in [6.07, 6.45) is 12.7. The van der Waals surface area contributed by atoms with E-state index in [2.05, 4.69) is 22.5 Å². The van der Waals surface area contributed by atoms with E-state index in [0.717, 1.165) is 44.2 Å². The highest BCUT2D eigenvalue weighted by Crippen LogP contribution is 2.31. The SMILES string of the molecule is CCNC(=NCC1(O)CCC1)NCCCCC1CCCC1. The van der Waals surface area contributed by atoms with Crippen molar-refractivity contribution < 1.29 is 5.11 Å². The molecule has 0 aromatic rings. The molecular formula is C17H33N3O. The van der Waals surface area contributed by atoms with Crippen molar-refractivity contribution in [2.45, 2.75) is 76.7 Å². The summed E-state index contributed by atoms with van der Waals surface area (Å²) in [7, 11) is 0. The average Bonchev–Trinajstić information content (AvgIpc) is 2.95. The number of nitrogens with zero attached hydrogens (tertiary/aromatic N) is 1. The quantitative estimate of drug-likeness (QED) is 0.367. The van der Waals surface area contributed by atoms with Crippen LogP contribution in [0.1, 0.15) is 71.1 Å². The van der Waals surface area contributed by atoms with Crippen molar-refractivity contribution in [1.29, 1.82) is 0 Å². The smallest absolute Gasteiger partial charge is 0.191 e. The lowest BCUT2D eigenvalue weighted by molar-refractivity contribution is -0.0236. The van der Waals surface area contributed by atoms with E-state index >= 15 is 0 Å². The van der Waals surface area contributed by atoms with E-state index < -0.39 is 5.60 Å². The summed E-state index contributed by atoms with van der Waals surface area (Å²) < 4.78 is 0. The minimum absolute atomic E-state index is 0.523. The zero-order valence-corrected chi connectivity index (χ0v) is 13.7. The highest BCUT2D eigenvalue weighted by atomic mass is 16.3. The fourth-order valence-electron chi connectivity index (χ4n) is 3.37. The van der Waals surface area contributed by atoms with Gasteiger partial charge in [0.1, 0.15) is 0 Å². The summed E-state index contributed by atoms with van der Waals surface area (Å²) in [5.74, 6) is 1.86.